The number of likely N-dealkylation sites (tertiary alicyclic amines) is 1. The molecule has 0 saturated carbocycles. The summed E-state index contributed by atoms with van der Waals surface area (Å²) in [4.78, 5) is 29.3. The SMILES string of the molecule is O=C(CCN1CCCCC1)Nc1ccccc1CNC(=O)N1CCC2=C(COC2)C1. The Morgan fingerprint density at radius 1 is 1.00 bits per heavy atom. The first-order valence-electron chi connectivity index (χ1n) is 11.1. The Morgan fingerprint density at radius 2 is 1.80 bits per heavy atom. The second-order valence-electron chi connectivity index (χ2n) is 8.39. The molecule has 0 aromatic heterocycles. The number of urea groups is 1. The Balaban J connectivity index is 1.26. The molecule has 1 aromatic carbocycles. The van der Waals surface area contributed by atoms with Crippen LogP contribution in [0.15, 0.2) is 35.4 Å². The summed E-state index contributed by atoms with van der Waals surface area (Å²) >= 11 is 0. The van der Waals surface area contributed by atoms with E-state index in [2.05, 4.69) is 15.5 Å². The van der Waals surface area contributed by atoms with Gasteiger partial charge in [-0.25, -0.2) is 4.79 Å². The summed E-state index contributed by atoms with van der Waals surface area (Å²) in [5, 5.41) is 6.04. The van der Waals surface area contributed by atoms with E-state index in [1.54, 1.807) is 0 Å². The fourth-order valence-corrected chi connectivity index (χ4v) is 4.40. The van der Waals surface area contributed by atoms with E-state index in [0.717, 1.165) is 50.5 Å². The largest absolute Gasteiger partial charge is 0.373 e. The molecule has 3 amide bonds. The predicted molar refractivity (Wildman–Crippen MR) is 116 cm³/mol. The molecule has 0 unspecified atom stereocenters. The number of ether oxygens (including phenoxy) is 1. The molecule has 1 saturated heterocycles. The maximum Gasteiger partial charge on any atom is 0.317 e. The number of nitrogens with zero attached hydrogens (tertiary/aromatic N) is 2. The third kappa shape index (κ3) is 5.40. The van der Waals surface area contributed by atoms with Crippen LogP contribution < -0.4 is 10.6 Å². The lowest BCUT2D eigenvalue weighted by Gasteiger charge is -2.28. The number of benzene rings is 1. The summed E-state index contributed by atoms with van der Waals surface area (Å²) in [5.74, 6) is 0.0241. The van der Waals surface area contributed by atoms with E-state index >= 15 is 0 Å². The second kappa shape index (κ2) is 10.1. The lowest BCUT2D eigenvalue weighted by atomic mass is 10.0. The van der Waals surface area contributed by atoms with Crippen molar-refractivity contribution in [3.8, 4) is 0 Å². The molecule has 30 heavy (non-hydrogen) atoms. The highest BCUT2D eigenvalue weighted by molar-refractivity contribution is 5.91. The van der Waals surface area contributed by atoms with Crippen LogP contribution in [-0.4, -0.2) is 67.7 Å². The Morgan fingerprint density at radius 3 is 2.67 bits per heavy atom. The van der Waals surface area contributed by atoms with Crippen LogP contribution in [0.3, 0.4) is 0 Å². The zero-order valence-corrected chi connectivity index (χ0v) is 17.6. The third-order valence-electron chi connectivity index (χ3n) is 6.23. The maximum atomic E-state index is 12.6. The van der Waals surface area contributed by atoms with Crippen LogP contribution in [0.5, 0.6) is 0 Å². The molecule has 0 atom stereocenters. The second-order valence-corrected chi connectivity index (χ2v) is 8.39. The minimum atomic E-state index is -0.0697. The van der Waals surface area contributed by atoms with E-state index in [1.165, 1.54) is 30.4 Å². The van der Waals surface area contributed by atoms with Crippen LogP contribution in [0.4, 0.5) is 10.5 Å². The highest BCUT2D eigenvalue weighted by atomic mass is 16.5. The van der Waals surface area contributed by atoms with Crippen molar-refractivity contribution < 1.29 is 14.3 Å². The van der Waals surface area contributed by atoms with Gasteiger partial charge < -0.3 is 25.2 Å². The summed E-state index contributed by atoms with van der Waals surface area (Å²) < 4.78 is 5.48. The molecule has 0 aliphatic carbocycles. The van der Waals surface area contributed by atoms with E-state index < -0.39 is 0 Å². The number of carbonyl (C=O) groups excluding carboxylic acids is 2. The number of piperidine rings is 1. The van der Waals surface area contributed by atoms with Gasteiger partial charge in [-0.3, -0.25) is 4.79 Å². The Bertz CT molecular complexity index is 801. The van der Waals surface area contributed by atoms with Gasteiger partial charge in [0.25, 0.3) is 0 Å². The number of amides is 3. The molecule has 3 aliphatic rings. The summed E-state index contributed by atoms with van der Waals surface area (Å²) in [6.07, 6.45) is 5.14. The van der Waals surface area contributed by atoms with Gasteiger partial charge in [-0.05, 0) is 55.1 Å². The molecule has 7 nitrogen and oxygen atoms in total. The molecule has 1 fully saturated rings. The fraction of sp³-hybridized carbons (Fsp3) is 0.565. The molecule has 4 rings (SSSR count). The minimum Gasteiger partial charge on any atom is -0.373 e. The van der Waals surface area contributed by atoms with Gasteiger partial charge in [0.05, 0.1) is 13.2 Å². The number of anilines is 1. The van der Waals surface area contributed by atoms with Crippen molar-refractivity contribution >= 4 is 17.6 Å². The van der Waals surface area contributed by atoms with Crippen molar-refractivity contribution in [3.05, 3.63) is 41.0 Å². The number of nitrogens with one attached hydrogen (secondary N) is 2. The van der Waals surface area contributed by atoms with Crippen LogP contribution in [0.2, 0.25) is 0 Å². The number of hydrogen-bond donors (Lipinski definition) is 2. The maximum absolute atomic E-state index is 12.6. The van der Waals surface area contributed by atoms with Gasteiger partial charge in [0, 0.05) is 38.3 Å². The zero-order chi connectivity index (χ0) is 20.8. The van der Waals surface area contributed by atoms with Crippen molar-refractivity contribution in [1.82, 2.24) is 15.1 Å². The normalized spacial score (nSPS) is 19.5. The van der Waals surface area contributed by atoms with Crippen molar-refractivity contribution in [3.63, 3.8) is 0 Å². The molecule has 162 valence electrons. The summed E-state index contributed by atoms with van der Waals surface area (Å²) in [6.45, 7) is 6.12. The molecular weight excluding hydrogens is 380 g/mol. The van der Waals surface area contributed by atoms with E-state index in [1.807, 2.05) is 29.2 Å². The smallest absolute Gasteiger partial charge is 0.317 e. The van der Waals surface area contributed by atoms with E-state index in [-0.39, 0.29) is 11.9 Å². The first kappa shape index (κ1) is 20.9. The van der Waals surface area contributed by atoms with Crippen molar-refractivity contribution in [2.75, 3.05) is 51.3 Å². The summed E-state index contributed by atoms with van der Waals surface area (Å²) in [7, 11) is 0. The lowest BCUT2D eigenvalue weighted by molar-refractivity contribution is -0.116. The van der Waals surface area contributed by atoms with Gasteiger partial charge in [0.2, 0.25) is 5.91 Å². The number of carbonyl (C=O) groups is 2. The van der Waals surface area contributed by atoms with Crippen molar-refractivity contribution in [2.24, 2.45) is 0 Å². The lowest BCUT2D eigenvalue weighted by Crippen LogP contribution is -2.43. The third-order valence-corrected chi connectivity index (χ3v) is 6.23. The molecule has 7 heteroatoms. The summed E-state index contributed by atoms with van der Waals surface area (Å²) in [5.41, 5.74) is 4.29. The molecular formula is C23H32N4O3. The Kier molecular flexibility index (Phi) is 7.02. The average molecular weight is 413 g/mol. The quantitative estimate of drug-likeness (QED) is 0.705. The Hall–Kier alpha value is -2.38. The Labute approximate surface area is 178 Å². The fourth-order valence-electron chi connectivity index (χ4n) is 4.40. The molecule has 3 heterocycles. The molecule has 1 aromatic rings. The minimum absolute atomic E-state index is 0.0241. The van der Waals surface area contributed by atoms with Crippen LogP contribution >= 0.6 is 0 Å². The number of rotatable bonds is 6. The van der Waals surface area contributed by atoms with Crippen LogP contribution in [0, 0.1) is 0 Å². The van der Waals surface area contributed by atoms with E-state index in [0.29, 0.717) is 26.1 Å². The van der Waals surface area contributed by atoms with Gasteiger partial charge in [0.1, 0.15) is 0 Å². The molecule has 0 radical (unpaired) electrons. The van der Waals surface area contributed by atoms with Gasteiger partial charge in [-0.2, -0.15) is 0 Å². The molecule has 0 bridgehead atoms. The highest BCUT2D eigenvalue weighted by Gasteiger charge is 2.25. The number of para-hydroxylation sites is 1. The van der Waals surface area contributed by atoms with Gasteiger partial charge in [-0.1, -0.05) is 24.6 Å². The van der Waals surface area contributed by atoms with Crippen molar-refractivity contribution in [2.45, 2.75) is 38.6 Å². The highest BCUT2D eigenvalue weighted by Crippen LogP contribution is 2.23. The predicted octanol–water partition coefficient (Wildman–Crippen LogP) is 2.74. The molecule has 0 spiro atoms. The van der Waals surface area contributed by atoms with E-state index in [9.17, 15) is 9.59 Å². The standard InChI is InChI=1S/C23H32N4O3/c28-22(9-12-26-10-4-1-5-11-26)25-21-7-3-2-6-18(21)14-24-23(29)27-13-8-19-16-30-17-20(19)15-27/h2-3,6-7H,1,4-5,8-17H2,(H,24,29)(H,25,28). The van der Waals surface area contributed by atoms with E-state index in [4.69, 9.17) is 4.74 Å². The van der Waals surface area contributed by atoms with Gasteiger partial charge >= 0.3 is 6.03 Å². The van der Waals surface area contributed by atoms with Gasteiger partial charge in [0.15, 0.2) is 0 Å². The van der Waals surface area contributed by atoms with Crippen LogP contribution in [0.25, 0.3) is 0 Å². The average Bonchev–Trinajstić information content (AvgIpc) is 3.25. The summed E-state index contributed by atoms with van der Waals surface area (Å²) in [6, 6.07) is 7.61. The molecule has 3 aliphatic heterocycles. The van der Waals surface area contributed by atoms with Crippen LogP contribution in [0.1, 0.15) is 37.7 Å². The topological polar surface area (TPSA) is 73.9 Å². The molecule has 2 N–H and O–H groups in total. The first-order valence-corrected chi connectivity index (χ1v) is 11.1. The zero-order valence-electron chi connectivity index (χ0n) is 17.6. The monoisotopic (exact) mass is 412 g/mol. The van der Waals surface area contributed by atoms with Gasteiger partial charge in [-0.15, -0.1) is 0 Å². The van der Waals surface area contributed by atoms with Crippen LogP contribution in [-0.2, 0) is 16.1 Å². The van der Waals surface area contributed by atoms with Crippen molar-refractivity contribution in [1.29, 1.82) is 0 Å². The first-order chi connectivity index (χ1) is 14.7. The number of hydrogen-bond acceptors (Lipinski definition) is 4.